The molecular formula is C13H15ClN6O. The number of alkyl halides is 1. The first-order valence-electron chi connectivity index (χ1n) is 6.52. The van der Waals surface area contributed by atoms with Crippen molar-refractivity contribution in [3.8, 4) is 5.88 Å². The van der Waals surface area contributed by atoms with Crippen LogP contribution in [0.2, 0.25) is 0 Å². The van der Waals surface area contributed by atoms with Gasteiger partial charge in [0.1, 0.15) is 17.7 Å². The summed E-state index contributed by atoms with van der Waals surface area (Å²) in [7, 11) is 3.44. The van der Waals surface area contributed by atoms with E-state index in [4.69, 9.17) is 16.3 Å². The fourth-order valence-corrected chi connectivity index (χ4v) is 2.40. The summed E-state index contributed by atoms with van der Waals surface area (Å²) >= 11 is 5.99. The third-order valence-electron chi connectivity index (χ3n) is 3.18. The van der Waals surface area contributed by atoms with Crippen LogP contribution >= 0.6 is 11.6 Å². The number of rotatable bonds is 5. The van der Waals surface area contributed by atoms with Gasteiger partial charge in [-0.15, -0.1) is 11.6 Å². The monoisotopic (exact) mass is 306 g/mol. The van der Waals surface area contributed by atoms with Gasteiger partial charge in [0.15, 0.2) is 11.5 Å². The van der Waals surface area contributed by atoms with E-state index in [1.807, 2.05) is 17.7 Å². The van der Waals surface area contributed by atoms with Crippen molar-refractivity contribution in [2.24, 2.45) is 7.05 Å². The molecule has 0 atom stereocenters. The van der Waals surface area contributed by atoms with Crippen molar-refractivity contribution in [1.29, 1.82) is 0 Å². The first-order valence-corrected chi connectivity index (χ1v) is 7.05. The van der Waals surface area contributed by atoms with Crippen molar-refractivity contribution in [3.63, 3.8) is 0 Å². The van der Waals surface area contributed by atoms with E-state index in [0.717, 1.165) is 22.8 Å². The fourth-order valence-electron chi connectivity index (χ4n) is 2.19. The van der Waals surface area contributed by atoms with Gasteiger partial charge in [0.25, 0.3) is 0 Å². The molecule has 0 amide bonds. The number of hydrogen-bond donors (Lipinski definition) is 0. The van der Waals surface area contributed by atoms with Crippen LogP contribution in [0, 0.1) is 0 Å². The number of aromatic nitrogens is 6. The molecule has 110 valence electrons. The van der Waals surface area contributed by atoms with E-state index in [-0.39, 0.29) is 0 Å². The van der Waals surface area contributed by atoms with Gasteiger partial charge in [-0.1, -0.05) is 0 Å². The van der Waals surface area contributed by atoms with Gasteiger partial charge in [-0.3, -0.25) is 4.68 Å². The summed E-state index contributed by atoms with van der Waals surface area (Å²) in [6, 6.07) is 3.67. The van der Waals surface area contributed by atoms with Gasteiger partial charge in [-0.25, -0.2) is 9.97 Å². The summed E-state index contributed by atoms with van der Waals surface area (Å²) in [5, 5.41) is 4.27. The Bertz CT molecular complexity index is 765. The highest BCUT2D eigenvalue weighted by Crippen LogP contribution is 2.19. The lowest BCUT2D eigenvalue weighted by Crippen LogP contribution is -2.07. The maximum atomic E-state index is 5.99. The third-order valence-corrected chi connectivity index (χ3v) is 3.42. The highest BCUT2D eigenvalue weighted by atomic mass is 35.5. The molecule has 7 nitrogen and oxygen atoms in total. The predicted octanol–water partition coefficient (Wildman–Crippen LogP) is 1.55. The number of hydrogen-bond acceptors (Lipinski definition) is 5. The molecule has 0 unspecified atom stereocenters. The Labute approximate surface area is 126 Å². The van der Waals surface area contributed by atoms with E-state index in [9.17, 15) is 0 Å². The Morgan fingerprint density at radius 3 is 2.81 bits per heavy atom. The van der Waals surface area contributed by atoms with Gasteiger partial charge in [-0.05, 0) is 6.07 Å². The zero-order chi connectivity index (χ0) is 14.8. The molecule has 3 aromatic heterocycles. The van der Waals surface area contributed by atoms with E-state index < -0.39 is 0 Å². The lowest BCUT2D eigenvalue weighted by atomic mass is 10.4. The van der Waals surface area contributed by atoms with E-state index in [1.54, 1.807) is 24.2 Å². The highest BCUT2D eigenvalue weighted by Gasteiger charge is 2.13. The smallest absolute Gasteiger partial charge is 0.215 e. The molecule has 0 saturated heterocycles. The second-order valence-electron chi connectivity index (χ2n) is 4.59. The summed E-state index contributed by atoms with van der Waals surface area (Å²) in [6.07, 6.45) is 2.38. The molecule has 0 fully saturated rings. The molecule has 0 aliphatic carbocycles. The summed E-state index contributed by atoms with van der Waals surface area (Å²) in [5.74, 6) is 2.45. The van der Waals surface area contributed by atoms with Crippen LogP contribution in [0.5, 0.6) is 5.88 Å². The third kappa shape index (κ3) is 2.69. The van der Waals surface area contributed by atoms with Crippen molar-refractivity contribution < 1.29 is 4.74 Å². The molecule has 0 aliphatic heterocycles. The van der Waals surface area contributed by atoms with Crippen LogP contribution in [0.4, 0.5) is 0 Å². The van der Waals surface area contributed by atoms with Crippen molar-refractivity contribution >= 4 is 22.8 Å². The molecule has 0 radical (unpaired) electrons. The largest absolute Gasteiger partial charge is 0.481 e. The molecule has 0 spiro atoms. The molecule has 8 heteroatoms. The molecule has 0 bridgehead atoms. The van der Waals surface area contributed by atoms with Gasteiger partial charge in [0.2, 0.25) is 5.88 Å². The Hall–Kier alpha value is -2.15. The van der Waals surface area contributed by atoms with Gasteiger partial charge in [-0.2, -0.15) is 10.1 Å². The average Bonchev–Trinajstić information content (AvgIpc) is 3.07. The van der Waals surface area contributed by atoms with Crippen molar-refractivity contribution in [3.05, 3.63) is 30.1 Å². The maximum absolute atomic E-state index is 5.99. The Kier molecular flexibility index (Phi) is 3.74. The first-order chi connectivity index (χ1) is 10.2. The summed E-state index contributed by atoms with van der Waals surface area (Å²) in [6.45, 7) is 0.669. The molecule has 0 saturated carbocycles. The molecule has 0 aromatic carbocycles. The first kappa shape index (κ1) is 13.8. The van der Waals surface area contributed by atoms with Crippen LogP contribution in [-0.4, -0.2) is 36.4 Å². The minimum Gasteiger partial charge on any atom is -0.481 e. The highest BCUT2D eigenvalue weighted by molar-refractivity contribution is 6.16. The Balaban J connectivity index is 1.94. The Morgan fingerprint density at radius 1 is 1.29 bits per heavy atom. The number of pyridine rings is 1. The zero-order valence-electron chi connectivity index (χ0n) is 11.8. The maximum Gasteiger partial charge on any atom is 0.215 e. The zero-order valence-corrected chi connectivity index (χ0v) is 12.6. The van der Waals surface area contributed by atoms with Crippen LogP contribution in [0.15, 0.2) is 18.5 Å². The molecule has 0 aliphatic rings. The quantitative estimate of drug-likeness (QED) is 0.669. The average molecular weight is 307 g/mol. The molecular weight excluding hydrogens is 292 g/mol. The number of fused-ring (bicyclic) bond motifs is 1. The normalized spacial score (nSPS) is 11.2. The number of imidazole rings is 1. The van der Waals surface area contributed by atoms with Crippen LogP contribution in [0.25, 0.3) is 11.2 Å². The minimum absolute atomic E-state index is 0.328. The Morgan fingerprint density at radius 2 is 2.14 bits per heavy atom. The van der Waals surface area contributed by atoms with E-state index in [1.165, 1.54) is 0 Å². The SMILES string of the molecule is COc1ccc2nc(CCl)n(CCc3ncn(C)n3)c2n1. The van der Waals surface area contributed by atoms with Crippen molar-refractivity contribution in [2.75, 3.05) is 7.11 Å². The summed E-state index contributed by atoms with van der Waals surface area (Å²) < 4.78 is 8.85. The van der Waals surface area contributed by atoms with Gasteiger partial charge < -0.3 is 9.30 Å². The summed E-state index contributed by atoms with van der Waals surface area (Å²) in [4.78, 5) is 13.2. The number of halogens is 1. The van der Waals surface area contributed by atoms with E-state index in [0.29, 0.717) is 24.7 Å². The van der Waals surface area contributed by atoms with Crippen LogP contribution < -0.4 is 4.74 Å². The molecule has 21 heavy (non-hydrogen) atoms. The van der Waals surface area contributed by atoms with Crippen LogP contribution in [0.3, 0.4) is 0 Å². The number of ether oxygens (including phenoxy) is 1. The second-order valence-corrected chi connectivity index (χ2v) is 4.86. The second kappa shape index (κ2) is 5.69. The standard InChI is InChI=1S/C13H15ClN6O/c1-19-8-15-10(18-19)5-6-20-11(7-14)16-9-3-4-12(21-2)17-13(9)20/h3-4,8H,5-7H2,1-2H3. The molecule has 3 rings (SSSR count). The summed E-state index contributed by atoms with van der Waals surface area (Å²) in [5.41, 5.74) is 1.57. The minimum atomic E-state index is 0.328. The fraction of sp³-hybridized carbons (Fsp3) is 0.385. The van der Waals surface area contributed by atoms with Crippen LogP contribution in [0.1, 0.15) is 11.6 Å². The topological polar surface area (TPSA) is 70.7 Å². The number of methoxy groups -OCH3 is 1. The lowest BCUT2D eigenvalue weighted by Gasteiger charge is -2.06. The predicted molar refractivity (Wildman–Crippen MR) is 78.3 cm³/mol. The van der Waals surface area contributed by atoms with Crippen LogP contribution in [-0.2, 0) is 25.9 Å². The van der Waals surface area contributed by atoms with Crippen molar-refractivity contribution in [2.45, 2.75) is 18.8 Å². The lowest BCUT2D eigenvalue weighted by molar-refractivity contribution is 0.399. The van der Waals surface area contributed by atoms with Gasteiger partial charge in [0.05, 0.1) is 13.0 Å². The van der Waals surface area contributed by atoms with Crippen molar-refractivity contribution in [1.82, 2.24) is 29.3 Å². The number of nitrogens with zero attached hydrogens (tertiary/aromatic N) is 6. The van der Waals surface area contributed by atoms with E-state index >= 15 is 0 Å². The molecule has 3 heterocycles. The van der Waals surface area contributed by atoms with Gasteiger partial charge in [0, 0.05) is 26.1 Å². The van der Waals surface area contributed by atoms with E-state index in [2.05, 4.69) is 20.1 Å². The number of aryl methyl sites for hydroxylation is 3. The molecule has 0 N–H and O–H groups in total. The molecule has 3 aromatic rings. The van der Waals surface area contributed by atoms with Gasteiger partial charge >= 0.3 is 0 Å².